The van der Waals surface area contributed by atoms with Gasteiger partial charge in [0.15, 0.2) is 6.39 Å². The molecule has 1 unspecified atom stereocenters. The summed E-state index contributed by atoms with van der Waals surface area (Å²) in [6.07, 6.45) is 4.44. The normalized spacial score (nSPS) is 18.1. The summed E-state index contributed by atoms with van der Waals surface area (Å²) < 4.78 is 11.6. The van der Waals surface area contributed by atoms with Gasteiger partial charge >= 0.3 is 0 Å². The number of β-amino-alcohol motifs (C(OH)–C–C–N with tert-alkyl or cyclic N) is 1. The molecule has 12 nitrogen and oxygen atoms in total. The van der Waals surface area contributed by atoms with Crippen molar-refractivity contribution in [2.75, 3.05) is 38.0 Å². The van der Waals surface area contributed by atoms with Gasteiger partial charge in [0.05, 0.1) is 18.3 Å². The minimum Gasteiger partial charge on any atom is -0.446 e. The second kappa shape index (κ2) is 12.5. The van der Waals surface area contributed by atoms with Crippen molar-refractivity contribution in [2.24, 2.45) is 0 Å². The number of anilines is 1. The van der Waals surface area contributed by atoms with E-state index in [2.05, 4.69) is 49.5 Å². The van der Waals surface area contributed by atoms with Crippen LogP contribution in [0.1, 0.15) is 52.5 Å². The number of benzene rings is 1. The van der Waals surface area contributed by atoms with Gasteiger partial charge in [-0.05, 0) is 30.0 Å². The number of rotatable bonds is 11. The zero-order valence-electron chi connectivity index (χ0n) is 22.7. The van der Waals surface area contributed by atoms with Gasteiger partial charge in [0.25, 0.3) is 5.91 Å². The highest BCUT2D eigenvalue weighted by Gasteiger charge is 2.31. The molecular formula is C28H35N7O5. The van der Waals surface area contributed by atoms with E-state index in [1.165, 1.54) is 23.8 Å². The maximum absolute atomic E-state index is 12.8. The summed E-state index contributed by atoms with van der Waals surface area (Å²) in [6, 6.07) is 7.81. The molecule has 5 rings (SSSR count). The molecule has 2 amide bonds. The summed E-state index contributed by atoms with van der Waals surface area (Å²) in [7, 11) is 0. The molecule has 2 atom stereocenters. The molecule has 40 heavy (non-hydrogen) atoms. The number of aryl methyl sites for hydroxylation is 1. The lowest BCUT2D eigenvalue weighted by molar-refractivity contribution is -0.134. The van der Waals surface area contributed by atoms with Gasteiger partial charge in [0, 0.05) is 45.2 Å². The number of aliphatic hydroxyl groups is 1. The molecule has 3 aromatic rings. The number of hydrogen-bond acceptors (Lipinski definition) is 10. The SMILES string of the molecule is CCC(=O)N1CC(Nc2cc(C(=O)NC[C@H](O)CN3CCc4c(C)cccc4C3OCc3cnco3)ncn2)C1. The number of aliphatic hydroxyl groups excluding tert-OH is 1. The maximum Gasteiger partial charge on any atom is 0.270 e. The van der Waals surface area contributed by atoms with Crippen molar-refractivity contribution in [1.29, 1.82) is 0 Å². The molecule has 0 bridgehead atoms. The molecule has 0 spiro atoms. The van der Waals surface area contributed by atoms with E-state index >= 15 is 0 Å². The van der Waals surface area contributed by atoms with Gasteiger partial charge in [-0.1, -0.05) is 25.1 Å². The number of likely N-dealkylation sites (tertiary alicyclic amines) is 1. The van der Waals surface area contributed by atoms with Crippen LogP contribution in [0.4, 0.5) is 5.82 Å². The Morgan fingerprint density at radius 3 is 2.90 bits per heavy atom. The largest absolute Gasteiger partial charge is 0.446 e. The quantitative estimate of drug-likeness (QED) is 0.323. The Morgan fingerprint density at radius 1 is 1.27 bits per heavy atom. The lowest BCUT2D eigenvalue weighted by Gasteiger charge is -2.39. The third-order valence-electron chi connectivity index (χ3n) is 7.29. The van der Waals surface area contributed by atoms with Gasteiger partial charge in [0.2, 0.25) is 5.91 Å². The first kappa shape index (κ1) is 27.7. The Bertz CT molecular complexity index is 1310. The Balaban J connectivity index is 1.15. The Kier molecular flexibility index (Phi) is 8.68. The summed E-state index contributed by atoms with van der Waals surface area (Å²) in [4.78, 5) is 40.6. The molecule has 2 aliphatic rings. The number of hydrogen-bond donors (Lipinski definition) is 3. The fourth-order valence-corrected chi connectivity index (χ4v) is 5.13. The van der Waals surface area contributed by atoms with Gasteiger partial charge in [0.1, 0.15) is 36.4 Å². The van der Waals surface area contributed by atoms with Crippen LogP contribution in [-0.2, 0) is 22.6 Å². The second-order valence-corrected chi connectivity index (χ2v) is 10.2. The highest BCUT2D eigenvalue weighted by atomic mass is 16.5. The minimum atomic E-state index is -0.830. The Hall–Kier alpha value is -3.87. The molecule has 2 aromatic heterocycles. The molecule has 12 heteroatoms. The monoisotopic (exact) mass is 549 g/mol. The molecule has 3 N–H and O–H groups in total. The first-order valence-corrected chi connectivity index (χ1v) is 13.5. The lowest BCUT2D eigenvalue weighted by Crippen LogP contribution is -2.56. The highest BCUT2D eigenvalue weighted by molar-refractivity contribution is 5.92. The Labute approximate surface area is 232 Å². The summed E-state index contributed by atoms with van der Waals surface area (Å²) in [5.74, 6) is 0.855. The van der Waals surface area contributed by atoms with Crippen molar-refractivity contribution in [3.63, 3.8) is 0 Å². The minimum absolute atomic E-state index is 0.0499. The number of amides is 2. The number of ether oxygens (including phenoxy) is 1. The van der Waals surface area contributed by atoms with Crippen LogP contribution in [0.25, 0.3) is 0 Å². The van der Waals surface area contributed by atoms with Crippen LogP contribution in [0.3, 0.4) is 0 Å². The van der Waals surface area contributed by atoms with E-state index in [1.54, 1.807) is 17.2 Å². The third kappa shape index (κ3) is 6.46. The van der Waals surface area contributed by atoms with E-state index in [-0.39, 0.29) is 37.0 Å². The van der Waals surface area contributed by atoms with Crippen molar-refractivity contribution in [3.8, 4) is 0 Å². The van der Waals surface area contributed by atoms with E-state index in [1.807, 2.05) is 13.0 Å². The molecule has 0 radical (unpaired) electrons. The predicted molar refractivity (Wildman–Crippen MR) is 145 cm³/mol. The zero-order valence-corrected chi connectivity index (χ0v) is 22.7. The standard InChI is InChI=1S/C28H35N7O5/c1-3-26(37)35-12-19(13-35)33-25-9-24(31-16-32-25)27(38)30-10-20(36)14-34-8-7-22-18(2)5-4-6-23(22)28(34)39-15-21-11-29-17-40-21/h4-6,9,11,16-17,19-20,28,36H,3,7-8,10,12-15H2,1-2H3,(H,30,38)(H,31,32,33)/t20-,28?/m0/s1. The highest BCUT2D eigenvalue weighted by Crippen LogP contribution is 2.33. The fourth-order valence-electron chi connectivity index (χ4n) is 5.13. The van der Waals surface area contributed by atoms with Crippen molar-refractivity contribution in [2.45, 2.75) is 51.7 Å². The molecule has 1 saturated heterocycles. The maximum atomic E-state index is 12.8. The first-order valence-electron chi connectivity index (χ1n) is 13.5. The molecular weight excluding hydrogens is 514 g/mol. The topological polar surface area (TPSA) is 146 Å². The number of aromatic nitrogens is 3. The van der Waals surface area contributed by atoms with Crippen LogP contribution < -0.4 is 10.6 Å². The Morgan fingerprint density at radius 2 is 2.12 bits per heavy atom. The smallest absolute Gasteiger partial charge is 0.270 e. The summed E-state index contributed by atoms with van der Waals surface area (Å²) in [5, 5.41) is 16.9. The fraction of sp³-hybridized carbons (Fsp3) is 0.464. The van der Waals surface area contributed by atoms with E-state index < -0.39 is 12.0 Å². The van der Waals surface area contributed by atoms with Crippen LogP contribution in [0.5, 0.6) is 0 Å². The van der Waals surface area contributed by atoms with Crippen molar-refractivity contribution in [3.05, 3.63) is 71.3 Å². The number of fused-ring (bicyclic) bond motifs is 1. The average molecular weight is 550 g/mol. The molecule has 0 aliphatic carbocycles. The van der Waals surface area contributed by atoms with Crippen molar-refractivity contribution < 1.29 is 23.8 Å². The van der Waals surface area contributed by atoms with E-state index in [4.69, 9.17) is 9.15 Å². The summed E-state index contributed by atoms with van der Waals surface area (Å²) in [6.45, 7) is 6.45. The molecule has 212 valence electrons. The number of oxazole rings is 1. The third-order valence-corrected chi connectivity index (χ3v) is 7.29. The summed E-state index contributed by atoms with van der Waals surface area (Å²) in [5.41, 5.74) is 3.72. The van der Waals surface area contributed by atoms with Crippen LogP contribution in [0.15, 0.2) is 47.6 Å². The molecule has 1 fully saturated rings. The number of nitrogens with zero attached hydrogens (tertiary/aromatic N) is 5. The van der Waals surface area contributed by atoms with Crippen LogP contribution in [0, 0.1) is 6.92 Å². The van der Waals surface area contributed by atoms with Crippen LogP contribution >= 0.6 is 0 Å². The van der Waals surface area contributed by atoms with Gasteiger partial charge in [-0.25, -0.2) is 15.0 Å². The zero-order chi connectivity index (χ0) is 28.1. The van der Waals surface area contributed by atoms with E-state index in [9.17, 15) is 14.7 Å². The van der Waals surface area contributed by atoms with Gasteiger partial charge in [-0.2, -0.15) is 0 Å². The average Bonchev–Trinajstić information content (AvgIpc) is 3.46. The second-order valence-electron chi connectivity index (χ2n) is 10.2. The van der Waals surface area contributed by atoms with Crippen molar-refractivity contribution in [1.82, 2.24) is 30.1 Å². The number of carbonyl (C=O) groups is 2. The number of nitrogens with one attached hydrogen (secondary N) is 2. The molecule has 4 heterocycles. The van der Waals surface area contributed by atoms with Crippen molar-refractivity contribution >= 4 is 17.6 Å². The summed E-state index contributed by atoms with van der Waals surface area (Å²) >= 11 is 0. The predicted octanol–water partition coefficient (Wildman–Crippen LogP) is 1.67. The van der Waals surface area contributed by atoms with Crippen LogP contribution in [-0.4, -0.2) is 86.5 Å². The molecule has 0 saturated carbocycles. The van der Waals surface area contributed by atoms with Crippen LogP contribution in [0.2, 0.25) is 0 Å². The lowest BCUT2D eigenvalue weighted by atomic mass is 9.93. The van der Waals surface area contributed by atoms with Gasteiger partial charge in [-0.15, -0.1) is 0 Å². The number of carbonyl (C=O) groups excluding carboxylic acids is 2. The van der Waals surface area contributed by atoms with Gasteiger partial charge < -0.3 is 29.8 Å². The van der Waals surface area contributed by atoms with E-state index in [0.717, 1.165) is 12.0 Å². The van der Waals surface area contributed by atoms with Gasteiger partial charge in [-0.3, -0.25) is 14.5 Å². The first-order chi connectivity index (χ1) is 19.4. The molecule has 1 aromatic carbocycles. The molecule has 2 aliphatic heterocycles. The van der Waals surface area contributed by atoms with E-state index in [0.29, 0.717) is 44.2 Å².